The van der Waals surface area contributed by atoms with E-state index in [1.165, 1.54) is 43.2 Å². The van der Waals surface area contributed by atoms with Crippen molar-refractivity contribution in [2.24, 2.45) is 22.7 Å². The smallest absolute Gasteiger partial charge is 0.172 e. The Labute approximate surface area is 282 Å². The maximum Gasteiger partial charge on any atom is -0.172 e. The van der Waals surface area contributed by atoms with Gasteiger partial charge in [0.1, 0.15) is 0 Å². The average molecular weight is 675 g/mol. The van der Waals surface area contributed by atoms with E-state index >= 15 is 0 Å². The molecular formula is C38H56Cl2Zr-2. The second-order valence-corrected chi connectivity index (χ2v) is 14.8. The van der Waals surface area contributed by atoms with Crippen molar-refractivity contribution in [1.82, 2.24) is 0 Å². The summed E-state index contributed by atoms with van der Waals surface area (Å²) in [7, 11) is 0. The SMILES string of the molecule is [CH2-]CC(CCC(CCCC)C(C)(C)C)C(C)(C)C.[Cl-].[Cl-].[Zr+2]=[C](Cc1ccccc1)Cc1ccccc1.c1cc[cH-]c1. The Morgan fingerprint density at radius 2 is 1.10 bits per heavy atom. The van der Waals surface area contributed by atoms with Gasteiger partial charge in [0, 0.05) is 0 Å². The molecule has 3 rings (SSSR count). The molecule has 0 fully saturated rings. The molecule has 0 saturated heterocycles. The van der Waals surface area contributed by atoms with Crippen LogP contribution in [0.1, 0.15) is 98.1 Å². The Hall–Kier alpha value is -0.877. The number of unbranched alkanes of at least 4 members (excludes halogenated alkanes) is 1. The molecule has 0 bridgehead atoms. The molecule has 0 aliphatic rings. The fourth-order valence-corrected chi connectivity index (χ4v) is 5.94. The molecule has 3 aromatic carbocycles. The Morgan fingerprint density at radius 3 is 1.41 bits per heavy atom. The van der Waals surface area contributed by atoms with E-state index in [0.717, 1.165) is 31.1 Å². The first-order valence-electron chi connectivity index (χ1n) is 15.1. The molecule has 0 N–H and O–H groups in total. The van der Waals surface area contributed by atoms with E-state index in [0.29, 0.717) is 10.8 Å². The Morgan fingerprint density at radius 1 is 0.683 bits per heavy atom. The first kappa shape index (κ1) is 42.3. The Kier molecular flexibility index (Phi) is 24.3. The molecule has 41 heavy (non-hydrogen) atoms. The molecule has 0 nitrogen and oxygen atoms in total. The van der Waals surface area contributed by atoms with Gasteiger partial charge in [-0.3, -0.25) is 0 Å². The summed E-state index contributed by atoms with van der Waals surface area (Å²) >= 11 is 1.55. The molecule has 0 heterocycles. The minimum absolute atomic E-state index is 0. The van der Waals surface area contributed by atoms with E-state index in [-0.39, 0.29) is 24.8 Å². The van der Waals surface area contributed by atoms with Crippen LogP contribution in [0, 0.1) is 29.6 Å². The predicted molar refractivity (Wildman–Crippen MR) is 172 cm³/mol. The molecule has 0 aliphatic carbocycles. The third-order valence-electron chi connectivity index (χ3n) is 7.64. The monoisotopic (exact) mass is 672 g/mol. The standard InChI is InChI=1S/C18H37.C15H14.C5H5.2ClH.Zr/c1-9-11-12-16(18(6,7)8)14-13-15(10-2)17(3,4)5;1-3-8-14(9-4-1)12-7-13-15-10-5-2-6-11-15;1-2-4-5-3-1;;;/h15-16H,2,9-14H2,1,3-8H3;1-6,8-11H,12-13H2;1-5H;2*1H;/q-1;;-1;;;+2/p-2. The number of halogens is 2. The summed E-state index contributed by atoms with van der Waals surface area (Å²) in [5, 5.41) is 0. The van der Waals surface area contributed by atoms with Gasteiger partial charge < -0.3 is 31.7 Å². The topological polar surface area (TPSA) is 0 Å². The summed E-state index contributed by atoms with van der Waals surface area (Å²) < 4.78 is 1.60. The van der Waals surface area contributed by atoms with Gasteiger partial charge in [-0.25, -0.2) is 12.1 Å². The number of hydrogen-bond acceptors (Lipinski definition) is 0. The molecule has 0 amide bonds. The van der Waals surface area contributed by atoms with Crippen molar-refractivity contribution in [3.05, 3.63) is 109 Å². The minimum Gasteiger partial charge on any atom is -0.214 e. The summed E-state index contributed by atoms with van der Waals surface area (Å²) in [6.45, 7) is 20.8. The molecule has 3 aromatic rings. The van der Waals surface area contributed by atoms with Crippen molar-refractivity contribution in [3.63, 3.8) is 0 Å². The number of benzene rings is 2. The van der Waals surface area contributed by atoms with Crippen molar-refractivity contribution in [2.75, 3.05) is 0 Å². The van der Waals surface area contributed by atoms with Gasteiger partial charge >= 0.3 is 112 Å². The van der Waals surface area contributed by atoms with Crippen molar-refractivity contribution in [3.8, 4) is 0 Å². The average Bonchev–Trinajstić information content (AvgIpc) is 3.47. The van der Waals surface area contributed by atoms with Crippen LogP contribution >= 0.6 is 0 Å². The quantitative estimate of drug-likeness (QED) is 0.248. The molecule has 2 atom stereocenters. The molecule has 0 radical (unpaired) electrons. The molecule has 0 saturated carbocycles. The number of rotatable bonds is 11. The second-order valence-electron chi connectivity index (χ2n) is 13.0. The van der Waals surface area contributed by atoms with Crippen LogP contribution in [0.25, 0.3) is 0 Å². The Balaban J connectivity index is 0. The Bertz CT molecular complexity index is 906. The summed E-state index contributed by atoms with van der Waals surface area (Å²) in [4.78, 5) is 0. The maximum absolute atomic E-state index is 4.15. The van der Waals surface area contributed by atoms with E-state index in [2.05, 4.69) is 116 Å². The van der Waals surface area contributed by atoms with Gasteiger partial charge in [-0.2, -0.15) is 24.6 Å². The third-order valence-corrected chi connectivity index (χ3v) is 8.51. The largest absolute Gasteiger partial charge is 0.214 e. The van der Waals surface area contributed by atoms with Gasteiger partial charge in [0.2, 0.25) is 0 Å². The summed E-state index contributed by atoms with van der Waals surface area (Å²) in [5.74, 6) is 1.64. The molecular weight excluding hydrogens is 619 g/mol. The summed E-state index contributed by atoms with van der Waals surface area (Å²) in [6, 6.07) is 31.4. The molecule has 0 aromatic heterocycles. The normalized spacial score (nSPS) is 12.2. The third kappa shape index (κ3) is 20.6. The van der Waals surface area contributed by atoms with Crippen LogP contribution in [0.3, 0.4) is 0 Å². The number of hydrogen-bond donors (Lipinski definition) is 0. The van der Waals surface area contributed by atoms with Gasteiger partial charge in [0.05, 0.1) is 0 Å². The van der Waals surface area contributed by atoms with E-state index < -0.39 is 0 Å². The zero-order valence-corrected chi connectivity index (χ0v) is 30.9. The van der Waals surface area contributed by atoms with Crippen LogP contribution in [0.15, 0.2) is 91.0 Å². The first-order chi connectivity index (χ1) is 18.5. The van der Waals surface area contributed by atoms with Crippen LogP contribution in [0.4, 0.5) is 0 Å². The zero-order chi connectivity index (χ0) is 29.2. The van der Waals surface area contributed by atoms with Gasteiger partial charge in [-0.15, -0.1) is 0 Å². The fraction of sp³-hybridized carbons (Fsp3) is 0.500. The van der Waals surface area contributed by atoms with Crippen LogP contribution in [-0.4, -0.2) is 3.21 Å². The molecule has 2 unspecified atom stereocenters. The fourth-order valence-electron chi connectivity index (χ4n) is 4.94. The van der Waals surface area contributed by atoms with Crippen LogP contribution in [0.5, 0.6) is 0 Å². The van der Waals surface area contributed by atoms with Crippen molar-refractivity contribution >= 4 is 3.21 Å². The summed E-state index contributed by atoms with van der Waals surface area (Å²) in [5.41, 5.74) is 3.71. The second kappa shape index (κ2) is 23.6. The molecule has 0 aliphatic heterocycles. The van der Waals surface area contributed by atoms with Crippen molar-refractivity contribution in [2.45, 2.75) is 99.8 Å². The summed E-state index contributed by atoms with van der Waals surface area (Å²) in [6.07, 6.45) is 10.1. The van der Waals surface area contributed by atoms with Gasteiger partial charge in [-0.05, 0) is 29.6 Å². The minimum atomic E-state index is 0. The van der Waals surface area contributed by atoms with Crippen LogP contribution in [-0.2, 0) is 37.1 Å². The van der Waals surface area contributed by atoms with Crippen molar-refractivity contribution < 1.29 is 49.0 Å². The van der Waals surface area contributed by atoms with Crippen LogP contribution in [0.2, 0.25) is 0 Å². The predicted octanol–water partition coefficient (Wildman–Crippen LogP) is 5.11. The van der Waals surface area contributed by atoms with E-state index in [4.69, 9.17) is 0 Å². The van der Waals surface area contributed by atoms with E-state index in [1.807, 2.05) is 30.3 Å². The molecule has 3 heteroatoms. The van der Waals surface area contributed by atoms with Gasteiger partial charge in [0.25, 0.3) is 0 Å². The maximum atomic E-state index is 4.15. The van der Waals surface area contributed by atoms with Crippen LogP contribution < -0.4 is 24.8 Å². The van der Waals surface area contributed by atoms with Crippen molar-refractivity contribution in [1.29, 1.82) is 0 Å². The molecule has 0 spiro atoms. The first-order valence-corrected chi connectivity index (χ1v) is 16.3. The van der Waals surface area contributed by atoms with Gasteiger partial charge in [-0.1, -0.05) is 73.6 Å². The molecule has 228 valence electrons. The zero-order valence-electron chi connectivity index (χ0n) is 26.9. The van der Waals surface area contributed by atoms with Gasteiger partial charge in [0.15, 0.2) is 0 Å². The van der Waals surface area contributed by atoms with E-state index in [9.17, 15) is 0 Å². The van der Waals surface area contributed by atoms with E-state index in [1.54, 1.807) is 27.4 Å².